The molecule has 0 atom stereocenters. The van der Waals surface area contributed by atoms with Gasteiger partial charge < -0.3 is 14.2 Å². The number of carbonyl (C=O) groups excluding carboxylic acids is 1. The van der Waals surface area contributed by atoms with Gasteiger partial charge in [0.05, 0.1) is 11.3 Å². The highest BCUT2D eigenvalue weighted by Gasteiger charge is 2.13. The summed E-state index contributed by atoms with van der Waals surface area (Å²) >= 11 is 1.70. The number of carbonyl (C=O) groups is 1. The maximum Gasteiger partial charge on any atom is 0.253 e. The lowest BCUT2D eigenvalue weighted by molar-refractivity contribution is 0.0785. The van der Waals surface area contributed by atoms with E-state index in [0.717, 1.165) is 22.6 Å². The predicted molar refractivity (Wildman–Crippen MR) is 111 cm³/mol. The zero-order valence-corrected chi connectivity index (χ0v) is 17.4. The van der Waals surface area contributed by atoms with E-state index in [4.69, 9.17) is 9.26 Å². The smallest absolute Gasteiger partial charge is 0.253 e. The molecule has 1 heterocycles. The van der Waals surface area contributed by atoms with Crippen LogP contribution in [-0.4, -0.2) is 29.3 Å². The summed E-state index contributed by atoms with van der Waals surface area (Å²) in [4.78, 5) is 15.6. The molecular formula is C22H24N2O3S. The van der Waals surface area contributed by atoms with E-state index in [-0.39, 0.29) is 5.91 Å². The molecule has 0 saturated carbocycles. The topological polar surface area (TPSA) is 55.6 Å². The largest absolute Gasteiger partial charge is 0.489 e. The molecule has 0 fully saturated rings. The van der Waals surface area contributed by atoms with Crippen molar-refractivity contribution in [2.75, 3.05) is 13.3 Å². The summed E-state index contributed by atoms with van der Waals surface area (Å²) in [7, 11) is 1.81. The minimum atomic E-state index is -0.0220. The van der Waals surface area contributed by atoms with Crippen molar-refractivity contribution in [3.63, 3.8) is 0 Å². The van der Waals surface area contributed by atoms with Crippen molar-refractivity contribution in [2.24, 2.45) is 0 Å². The summed E-state index contributed by atoms with van der Waals surface area (Å²) in [5, 5.41) is 3.92. The van der Waals surface area contributed by atoms with Crippen LogP contribution in [0.25, 0.3) is 0 Å². The van der Waals surface area contributed by atoms with E-state index in [1.165, 1.54) is 4.90 Å². The fraction of sp³-hybridized carbons (Fsp3) is 0.273. The van der Waals surface area contributed by atoms with Gasteiger partial charge in [0.25, 0.3) is 5.91 Å². The van der Waals surface area contributed by atoms with Gasteiger partial charge in [-0.1, -0.05) is 17.3 Å². The number of hydrogen-bond acceptors (Lipinski definition) is 5. The standard InChI is InChI=1S/C22H24N2O3S/c1-15-21(16(2)27-23-15)14-26-19-9-7-18(8-10-19)22(25)24(3)13-17-5-11-20(28-4)12-6-17/h5-12H,13-14H2,1-4H3. The number of hydrogen-bond donors (Lipinski definition) is 0. The number of rotatable bonds is 7. The van der Waals surface area contributed by atoms with Gasteiger partial charge in [0, 0.05) is 24.1 Å². The molecule has 2 aromatic carbocycles. The lowest BCUT2D eigenvalue weighted by Crippen LogP contribution is -2.26. The first-order chi connectivity index (χ1) is 13.5. The predicted octanol–water partition coefficient (Wildman–Crippen LogP) is 4.86. The van der Waals surface area contributed by atoms with Gasteiger partial charge in [0.1, 0.15) is 18.1 Å². The first kappa shape index (κ1) is 20.0. The number of ether oxygens (including phenoxy) is 1. The van der Waals surface area contributed by atoms with Crippen LogP contribution in [0.5, 0.6) is 5.75 Å². The first-order valence-corrected chi connectivity index (χ1v) is 10.2. The molecule has 3 aromatic rings. The Hall–Kier alpha value is -2.73. The summed E-state index contributed by atoms with van der Waals surface area (Å²) in [6.07, 6.45) is 2.05. The van der Waals surface area contributed by atoms with Gasteiger partial charge in [0.2, 0.25) is 0 Å². The minimum absolute atomic E-state index is 0.0220. The molecule has 0 aliphatic rings. The van der Waals surface area contributed by atoms with Crippen LogP contribution in [0.3, 0.4) is 0 Å². The van der Waals surface area contributed by atoms with Crippen LogP contribution in [0.15, 0.2) is 57.9 Å². The lowest BCUT2D eigenvalue weighted by Gasteiger charge is -2.18. The highest BCUT2D eigenvalue weighted by molar-refractivity contribution is 7.98. The monoisotopic (exact) mass is 396 g/mol. The van der Waals surface area contributed by atoms with E-state index in [1.54, 1.807) is 28.8 Å². The molecule has 0 bridgehead atoms. The number of nitrogens with zero attached hydrogens (tertiary/aromatic N) is 2. The van der Waals surface area contributed by atoms with Gasteiger partial charge in [0.15, 0.2) is 0 Å². The van der Waals surface area contributed by atoms with Crippen LogP contribution in [-0.2, 0) is 13.2 Å². The Labute approximate surface area is 169 Å². The second-order valence-electron chi connectivity index (χ2n) is 6.63. The summed E-state index contributed by atoms with van der Waals surface area (Å²) in [6, 6.07) is 15.5. The molecule has 0 aliphatic heterocycles. The van der Waals surface area contributed by atoms with Crippen LogP contribution in [0.2, 0.25) is 0 Å². The summed E-state index contributed by atoms with van der Waals surface area (Å²) in [5.41, 5.74) is 3.52. The molecule has 5 nitrogen and oxygen atoms in total. The summed E-state index contributed by atoms with van der Waals surface area (Å²) < 4.78 is 10.9. The minimum Gasteiger partial charge on any atom is -0.489 e. The van der Waals surface area contributed by atoms with Gasteiger partial charge >= 0.3 is 0 Å². The first-order valence-electron chi connectivity index (χ1n) is 9.01. The number of aryl methyl sites for hydroxylation is 2. The number of thioether (sulfide) groups is 1. The highest BCUT2D eigenvalue weighted by Crippen LogP contribution is 2.19. The third-order valence-corrected chi connectivity index (χ3v) is 5.33. The molecular weight excluding hydrogens is 372 g/mol. The van der Waals surface area contributed by atoms with Crippen LogP contribution >= 0.6 is 11.8 Å². The third kappa shape index (κ3) is 4.75. The van der Waals surface area contributed by atoms with E-state index in [2.05, 4.69) is 29.4 Å². The Bertz CT molecular complexity index is 914. The van der Waals surface area contributed by atoms with Gasteiger partial charge in [-0.05, 0) is 62.1 Å². The van der Waals surface area contributed by atoms with Crippen molar-refractivity contribution in [2.45, 2.75) is 31.9 Å². The maximum absolute atomic E-state index is 12.7. The van der Waals surface area contributed by atoms with Gasteiger partial charge in [-0.25, -0.2) is 0 Å². The van der Waals surface area contributed by atoms with Crippen molar-refractivity contribution in [3.05, 3.63) is 76.7 Å². The zero-order valence-electron chi connectivity index (χ0n) is 16.6. The molecule has 6 heteroatoms. The Kier molecular flexibility index (Phi) is 6.41. The van der Waals surface area contributed by atoms with Crippen molar-refractivity contribution >= 4 is 17.7 Å². The van der Waals surface area contributed by atoms with Gasteiger partial charge in [-0.15, -0.1) is 11.8 Å². The molecule has 0 saturated heterocycles. The normalized spacial score (nSPS) is 10.7. The van der Waals surface area contributed by atoms with Crippen molar-refractivity contribution in [1.82, 2.24) is 10.1 Å². The third-order valence-electron chi connectivity index (χ3n) is 4.59. The van der Waals surface area contributed by atoms with Gasteiger partial charge in [-0.2, -0.15) is 0 Å². The highest BCUT2D eigenvalue weighted by atomic mass is 32.2. The van der Waals surface area contributed by atoms with Crippen molar-refractivity contribution < 1.29 is 14.1 Å². The molecule has 0 N–H and O–H groups in total. The van der Waals surface area contributed by atoms with E-state index in [9.17, 15) is 4.79 Å². The lowest BCUT2D eigenvalue weighted by atomic mass is 10.1. The molecule has 0 radical (unpaired) electrons. The number of amides is 1. The van der Waals surface area contributed by atoms with E-state index in [0.29, 0.717) is 24.5 Å². The van der Waals surface area contributed by atoms with E-state index in [1.807, 2.05) is 39.3 Å². The molecule has 0 aliphatic carbocycles. The van der Waals surface area contributed by atoms with Crippen molar-refractivity contribution in [3.8, 4) is 5.75 Å². The average molecular weight is 397 g/mol. The van der Waals surface area contributed by atoms with Crippen molar-refractivity contribution in [1.29, 1.82) is 0 Å². The van der Waals surface area contributed by atoms with E-state index >= 15 is 0 Å². The maximum atomic E-state index is 12.7. The second kappa shape index (κ2) is 8.97. The Morgan fingerprint density at radius 3 is 2.36 bits per heavy atom. The molecule has 3 rings (SSSR count). The molecule has 146 valence electrons. The summed E-state index contributed by atoms with van der Waals surface area (Å²) in [6.45, 7) is 4.71. The van der Waals surface area contributed by atoms with Gasteiger partial charge in [-0.3, -0.25) is 4.79 Å². The van der Waals surface area contributed by atoms with Crippen LogP contribution in [0, 0.1) is 13.8 Å². The van der Waals surface area contributed by atoms with Crippen LogP contribution in [0.1, 0.15) is 32.9 Å². The molecule has 1 aromatic heterocycles. The number of benzene rings is 2. The zero-order chi connectivity index (χ0) is 20.1. The van der Waals surface area contributed by atoms with Crippen LogP contribution < -0.4 is 4.74 Å². The molecule has 1 amide bonds. The van der Waals surface area contributed by atoms with E-state index < -0.39 is 0 Å². The quantitative estimate of drug-likeness (QED) is 0.534. The Morgan fingerprint density at radius 2 is 1.79 bits per heavy atom. The fourth-order valence-corrected chi connectivity index (χ4v) is 3.26. The molecule has 0 unspecified atom stereocenters. The Balaban J connectivity index is 1.59. The average Bonchev–Trinajstić information content (AvgIpc) is 3.04. The molecule has 0 spiro atoms. The van der Waals surface area contributed by atoms with Crippen LogP contribution in [0.4, 0.5) is 0 Å². The second-order valence-corrected chi connectivity index (χ2v) is 7.50. The Morgan fingerprint density at radius 1 is 1.11 bits per heavy atom. The SMILES string of the molecule is CSc1ccc(CN(C)C(=O)c2ccc(OCc3c(C)noc3C)cc2)cc1. The summed E-state index contributed by atoms with van der Waals surface area (Å²) in [5.74, 6) is 1.44. The fourth-order valence-electron chi connectivity index (χ4n) is 2.85. The number of aromatic nitrogens is 1. The molecule has 28 heavy (non-hydrogen) atoms.